The first-order chi connectivity index (χ1) is 10.8. The van der Waals surface area contributed by atoms with Crippen LogP contribution in [0.15, 0.2) is 0 Å². The van der Waals surface area contributed by atoms with Crippen molar-refractivity contribution in [1.29, 1.82) is 0 Å². The summed E-state index contributed by atoms with van der Waals surface area (Å²) in [6.07, 6.45) is -3.89. The number of nitrogens with zero attached hydrogens (tertiary/aromatic N) is 2. The number of hydrogen-bond acceptors (Lipinski definition) is 4. The second-order valence-corrected chi connectivity index (χ2v) is 6.04. The van der Waals surface area contributed by atoms with E-state index in [1.807, 2.05) is 0 Å². The Balaban J connectivity index is 1.88. The van der Waals surface area contributed by atoms with Crippen LogP contribution < -0.4 is 10.6 Å². The average molecular weight is 336 g/mol. The molecule has 0 saturated carbocycles. The maximum atomic E-state index is 13.2. The van der Waals surface area contributed by atoms with Crippen molar-refractivity contribution in [3.05, 3.63) is 0 Å². The summed E-state index contributed by atoms with van der Waals surface area (Å²) in [5.41, 5.74) is 0. The summed E-state index contributed by atoms with van der Waals surface area (Å²) in [5.74, 6) is -0.941. The maximum Gasteiger partial charge on any atom is 0.405 e. The van der Waals surface area contributed by atoms with Crippen LogP contribution in [0, 0.1) is 5.92 Å². The number of halogens is 3. The lowest BCUT2D eigenvalue weighted by atomic mass is 10.1. The van der Waals surface area contributed by atoms with Crippen molar-refractivity contribution in [3.63, 3.8) is 0 Å². The molecule has 132 valence electrons. The Morgan fingerprint density at radius 2 is 1.91 bits per heavy atom. The van der Waals surface area contributed by atoms with E-state index in [0.29, 0.717) is 39.1 Å². The summed E-state index contributed by atoms with van der Waals surface area (Å²) < 4.78 is 39.7. The normalized spacial score (nSPS) is 24.5. The molecule has 2 atom stereocenters. The lowest BCUT2D eigenvalue weighted by Gasteiger charge is -2.36. The van der Waals surface area contributed by atoms with Crippen LogP contribution >= 0.6 is 0 Å². The van der Waals surface area contributed by atoms with Gasteiger partial charge in [0.25, 0.3) is 0 Å². The van der Waals surface area contributed by atoms with Crippen molar-refractivity contribution >= 4 is 11.8 Å². The molecule has 9 heteroatoms. The smallest absolute Gasteiger partial charge is 0.354 e. The van der Waals surface area contributed by atoms with E-state index in [2.05, 4.69) is 10.6 Å². The Labute approximate surface area is 133 Å². The molecule has 0 aromatic rings. The molecule has 23 heavy (non-hydrogen) atoms. The predicted octanol–water partition coefficient (Wildman–Crippen LogP) is -0.193. The first-order valence-electron chi connectivity index (χ1n) is 7.83. The van der Waals surface area contributed by atoms with Gasteiger partial charge in [0.05, 0.1) is 5.92 Å². The van der Waals surface area contributed by atoms with Crippen LogP contribution in [-0.4, -0.2) is 79.6 Å². The van der Waals surface area contributed by atoms with E-state index < -0.39 is 30.6 Å². The molecule has 2 aliphatic rings. The topological polar surface area (TPSA) is 64.7 Å². The zero-order valence-electron chi connectivity index (χ0n) is 13.2. The molecule has 0 bridgehead atoms. The lowest BCUT2D eigenvalue weighted by Crippen LogP contribution is -2.57. The summed E-state index contributed by atoms with van der Waals surface area (Å²) in [5, 5.41) is 5.44. The highest BCUT2D eigenvalue weighted by atomic mass is 19.4. The van der Waals surface area contributed by atoms with Gasteiger partial charge in [-0.15, -0.1) is 0 Å². The van der Waals surface area contributed by atoms with Crippen molar-refractivity contribution in [1.82, 2.24) is 20.4 Å². The fourth-order valence-corrected chi connectivity index (χ4v) is 3.05. The van der Waals surface area contributed by atoms with Crippen molar-refractivity contribution in [2.24, 2.45) is 5.92 Å². The van der Waals surface area contributed by atoms with Gasteiger partial charge >= 0.3 is 6.18 Å². The number of piperazine rings is 1. The monoisotopic (exact) mass is 336 g/mol. The van der Waals surface area contributed by atoms with Crippen LogP contribution in [-0.2, 0) is 9.59 Å². The fourth-order valence-electron chi connectivity index (χ4n) is 3.05. The first-order valence-corrected chi connectivity index (χ1v) is 7.83. The predicted molar refractivity (Wildman–Crippen MR) is 77.7 cm³/mol. The van der Waals surface area contributed by atoms with Gasteiger partial charge in [0.1, 0.15) is 6.04 Å². The van der Waals surface area contributed by atoms with Crippen molar-refractivity contribution in [3.8, 4) is 0 Å². The number of likely N-dealkylation sites (tertiary alicyclic amines) is 1. The van der Waals surface area contributed by atoms with Gasteiger partial charge in [0, 0.05) is 52.7 Å². The minimum absolute atomic E-state index is 0.116. The molecule has 2 fully saturated rings. The lowest BCUT2D eigenvalue weighted by molar-refractivity contribution is -0.184. The third kappa shape index (κ3) is 4.81. The molecule has 0 spiro atoms. The largest absolute Gasteiger partial charge is 0.405 e. The Morgan fingerprint density at radius 3 is 2.43 bits per heavy atom. The Morgan fingerprint density at radius 1 is 1.26 bits per heavy atom. The highest BCUT2D eigenvalue weighted by molar-refractivity contribution is 5.81. The summed E-state index contributed by atoms with van der Waals surface area (Å²) >= 11 is 0. The molecule has 0 aromatic carbocycles. The van der Waals surface area contributed by atoms with Gasteiger partial charge in [-0.05, 0) is 6.42 Å². The van der Waals surface area contributed by atoms with E-state index in [0.717, 1.165) is 0 Å². The average Bonchev–Trinajstić information content (AvgIpc) is 2.97. The van der Waals surface area contributed by atoms with E-state index in [4.69, 9.17) is 0 Å². The molecule has 2 N–H and O–H groups in total. The highest BCUT2D eigenvalue weighted by Crippen LogP contribution is 2.25. The SMILES string of the molecule is CC(=O)N1CCC(C(=O)NCC(N2CCNCC2)C(F)(F)F)C1. The van der Waals surface area contributed by atoms with Crippen molar-refractivity contribution in [2.45, 2.75) is 25.6 Å². The quantitative estimate of drug-likeness (QED) is 0.747. The van der Waals surface area contributed by atoms with E-state index in [1.165, 1.54) is 11.8 Å². The minimum atomic E-state index is -4.38. The molecule has 0 radical (unpaired) electrons. The number of hydrogen-bond donors (Lipinski definition) is 2. The van der Waals surface area contributed by atoms with E-state index in [-0.39, 0.29) is 12.5 Å². The van der Waals surface area contributed by atoms with E-state index in [9.17, 15) is 22.8 Å². The van der Waals surface area contributed by atoms with E-state index >= 15 is 0 Å². The molecule has 6 nitrogen and oxygen atoms in total. The fraction of sp³-hybridized carbons (Fsp3) is 0.857. The Kier molecular flexibility index (Phi) is 5.85. The molecule has 0 aromatic heterocycles. The number of carbonyl (C=O) groups is 2. The molecular formula is C14H23F3N4O2. The van der Waals surface area contributed by atoms with Gasteiger partial charge in [-0.2, -0.15) is 13.2 Å². The summed E-state index contributed by atoms with van der Waals surface area (Å²) in [6.45, 7) is 3.37. The number of nitrogens with one attached hydrogen (secondary N) is 2. The second-order valence-electron chi connectivity index (χ2n) is 6.04. The third-order valence-electron chi connectivity index (χ3n) is 4.44. The molecule has 2 heterocycles. The van der Waals surface area contributed by atoms with Crippen LogP contribution in [0.4, 0.5) is 13.2 Å². The van der Waals surface area contributed by atoms with Gasteiger partial charge in [-0.25, -0.2) is 0 Å². The second kappa shape index (κ2) is 7.48. The minimum Gasteiger partial charge on any atom is -0.354 e. The van der Waals surface area contributed by atoms with Crippen LogP contribution in [0.2, 0.25) is 0 Å². The van der Waals surface area contributed by atoms with Gasteiger partial charge < -0.3 is 15.5 Å². The number of alkyl halides is 3. The van der Waals surface area contributed by atoms with Crippen LogP contribution in [0.1, 0.15) is 13.3 Å². The Bertz CT molecular complexity index is 438. The van der Waals surface area contributed by atoms with Gasteiger partial charge in [0.15, 0.2) is 0 Å². The summed E-state index contributed by atoms with van der Waals surface area (Å²) in [7, 11) is 0. The number of amides is 2. The molecule has 0 aliphatic carbocycles. The van der Waals surface area contributed by atoms with Gasteiger partial charge in [-0.3, -0.25) is 14.5 Å². The number of carbonyl (C=O) groups excluding carboxylic acids is 2. The standard InChI is InChI=1S/C14H23F3N4O2/c1-10(22)21-5-2-11(9-21)13(23)19-8-12(14(15,16)17)20-6-3-18-4-7-20/h11-12,18H,2-9H2,1H3,(H,19,23). The molecule has 2 rings (SSSR count). The Hall–Kier alpha value is -1.35. The molecule has 2 unspecified atom stereocenters. The summed E-state index contributed by atoms with van der Waals surface area (Å²) in [4.78, 5) is 26.2. The summed E-state index contributed by atoms with van der Waals surface area (Å²) in [6, 6.07) is -1.67. The molecular weight excluding hydrogens is 313 g/mol. The van der Waals surface area contributed by atoms with Crippen LogP contribution in [0.3, 0.4) is 0 Å². The van der Waals surface area contributed by atoms with Crippen molar-refractivity contribution < 1.29 is 22.8 Å². The van der Waals surface area contributed by atoms with Crippen LogP contribution in [0.25, 0.3) is 0 Å². The van der Waals surface area contributed by atoms with Gasteiger partial charge in [-0.1, -0.05) is 0 Å². The maximum absolute atomic E-state index is 13.2. The zero-order chi connectivity index (χ0) is 17.0. The molecule has 2 amide bonds. The van der Waals surface area contributed by atoms with Crippen LogP contribution in [0.5, 0.6) is 0 Å². The van der Waals surface area contributed by atoms with Gasteiger partial charge in [0.2, 0.25) is 11.8 Å². The first kappa shape index (κ1) is 18.0. The van der Waals surface area contributed by atoms with Crippen molar-refractivity contribution in [2.75, 3.05) is 45.8 Å². The molecule has 2 aliphatic heterocycles. The molecule has 2 saturated heterocycles. The zero-order valence-corrected chi connectivity index (χ0v) is 13.2. The third-order valence-corrected chi connectivity index (χ3v) is 4.44. The van der Waals surface area contributed by atoms with E-state index in [1.54, 1.807) is 4.90 Å². The number of rotatable bonds is 4. The highest BCUT2D eigenvalue weighted by Gasteiger charge is 2.44.